The van der Waals surface area contributed by atoms with Crippen LogP contribution in [-0.4, -0.2) is 10.9 Å². The summed E-state index contributed by atoms with van der Waals surface area (Å²) in [7, 11) is 0. The Morgan fingerprint density at radius 2 is 2.24 bits per heavy atom. The highest BCUT2D eigenvalue weighted by Gasteiger charge is 2.26. The third-order valence-corrected chi connectivity index (χ3v) is 5.16. The lowest BCUT2D eigenvalue weighted by Crippen LogP contribution is -2.28. The molecule has 2 aromatic rings. The minimum atomic E-state index is -0.117. The number of rotatable bonds is 3. The standard InChI is InChI=1S/C16H19FN2OS/c1-9(15-10(2)19-20-11(15)3)18-14-7-8-21-16-12(14)5-4-6-13(16)17/h4-6,9,14,18H,7-8H2,1-3H3. The summed E-state index contributed by atoms with van der Waals surface area (Å²) in [6, 6.07) is 5.63. The van der Waals surface area contributed by atoms with E-state index in [-0.39, 0.29) is 17.9 Å². The first-order valence-corrected chi connectivity index (χ1v) is 8.16. The van der Waals surface area contributed by atoms with E-state index in [9.17, 15) is 4.39 Å². The van der Waals surface area contributed by atoms with Gasteiger partial charge in [-0.3, -0.25) is 0 Å². The van der Waals surface area contributed by atoms with Crippen LogP contribution in [0.1, 0.15) is 48.0 Å². The predicted octanol–water partition coefficient (Wildman–Crippen LogP) is 4.32. The number of fused-ring (bicyclic) bond motifs is 1. The van der Waals surface area contributed by atoms with Crippen LogP contribution in [0.25, 0.3) is 0 Å². The third kappa shape index (κ3) is 2.72. The molecule has 0 aliphatic carbocycles. The smallest absolute Gasteiger partial charge is 0.138 e. The van der Waals surface area contributed by atoms with E-state index < -0.39 is 0 Å². The molecule has 0 amide bonds. The zero-order valence-corrected chi connectivity index (χ0v) is 13.3. The third-order valence-electron chi connectivity index (χ3n) is 4.00. The maximum atomic E-state index is 13.9. The Bertz CT molecular complexity index is 636. The summed E-state index contributed by atoms with van der Waals surface area (Å²) in [4.78, 5) is 0.784. The molecular weight excluding hydrogens is 287 g/mol. The van der Waals surface area contributed by atoms with Gasteiger partial charge >= 0.3 is 0 Å². The second kappa shape index (κ2) is 5.81. The Kier molecular flexibility index (Phi) is 4.04. The number of aryl methyl sites for hydroxylation is 2. The Hall–Kier alpha value is -1.33. The highest BCUT2D eigenvalue weighted by atomic mass is 32.2. The number of benzene rings is 1. The van der Waals surface area contributed by atoms with E-state index in [0.717, 1.165) is 39.7 Å². The molecule has 3 nitrogen and oxygen atoms in total. The van der Waals surface area contributed by atoms with Crippen LogP contribution in [-0.2, 0) is 0 Å². The molecule has 2 heterocycles. The molecule has 2 atom stereocenters. The molecule has 112 valence electrons. The van der Waals surface area contributed by atoms with E-state index in [1.807, 2.05) is 19.9 Å². The first-order valence-electron chi connectivity index (χ1n) is 7.18. The van der Waals surface area contributed by atoms with Crippen molar-refractivity contribution < 1.29 is 8.91 Å². The second-order valence-electron chi connectivity index (χ2n) is 5.47. The van der Waals surface area contributed by atoms with Gasteiger partial charge < -0.3 is 9.84 Å². The summed E-state index contributed by atoms with van der Waals surface area (Å²) in [5.74, 6) is 1.66. The summed E-state index contributed by atoms with van der Waals surface area (Å²) < 4.78 is 19.2. The van der Waals surface area contributed by atoms with Gasteiger partial charge in [-0.2, -0.15) is 0 Å². The molecule has 0 spiro atoms. The fourth-order valence-electron chi connectivity index (χ4n) is 3.05. The minimum absolute atomic E-state index is 0.117. The number of aromatic nitrogens is 1. The number of hydrogen-bond acceptors (Lipinski definition) is 4. The Morgan fingerprint density at radius 3 is 2.95 bits per heavy atom. The van der Waals surface area contributed by atoms with Gasteiger partial charge in [0, 0.05) is 22.5 Å². The molecule has 1 aliphatic heterocycles. The van der Waals surface area contributed by atoms with Crippen molar-refractivity contribution in [2.75, 3.05) is 5.75 Å². The molecule has 3 rings (SSSR count). The van der Waals surface area contributed by atoms with Gasteiger partial charge in [0.25, 0.3) is 0 Å². The highest BCUT2D eigenvalue weighted by molar-refractivity contribution is 7.99. The van der Waals surface area contributed by atoms with Gasteiger partial charge in [-0.05, 0) is 44.6 Å². The van der Waals surface area contributed by atoms with Gasteiger partial charge in [0.1, 0.15) is 11.6 Å². The van der Waals surface area contributed by atoms with Crippen molar-refractivity contribution in [1.82, 2.24) is 10.5 Å². The van der Waals surface area contributed by atoms with Gasteiger partial charge in [0.15, 0.2) is 0 Å². The van der Waals surface area contributed by atoms with E-state index in [2.05, 4.69) is 17.4 Å². The monoisotopic (exact) mass is 306 g/mol. The summed E-state index contributed by atoms with van der Waals surface area (Å²) in [6.45, 7) is 5.99. The van der Waals surface area contributed by atoms with Crippen LogP contribution in [0.4, 0.5) is 4.39 Å². The van der Waals surface area contributed by atoms with Gasteiger partial charge in [-0.25, -0.2) is 4.39 Å². The van der Waals surface area contributed by atoms with Crippen molar-refractivity contribution in [2.24, 2.45) is 0 Å². The van der Waals surface area contributed by atoms with Gasteiger partial charge in [-0.15, -0.1) is 11.8 Å². The number of nitrogens with one attached hydrogen (secondary N) is 1. The van der Waals surface area contributed by atoms with E-state index >= 15 is 0 Å². The maximum absolute atomic E-state index is 13.9. The van der Waals surface area contributed by atoms with E-state index in [1.165, 1.54) is 6.07 Å². The zero-order chi connectivity index (χ0) is 15.0. The minimum Gasteiger partial charge on any atom is -0.361 e. The van der Waals surface area contributed by atoms with E-state index in [1.54, 1.807) is 17.8 Å². The topological polar surface area (TPSA) is 38.1 Å². The Labute approximate surface area is 128 Å². The molecule has 1 aromatic heterocycles. The van der Waals surface area contributed by atoms with Crippen LogP contribution in [0.15, 0.2) is 27.6 Å². The summed E-state index contributed by atoms with van der Waals surface area (Å²) in [5, 5.41) is 7.62. The van der Waals surface area contributed by atoms with Crippen LogP contribution < -0.4 is 5.32 Å². The summed E-state index contributed by atoms with van der Waals surface area (Å²) in [5.41, 5.74) is 3.08. The van der Waals surface area contributed by atoms with Crippen LogP contribution in [0.2, 0.25) is 0 Å². The molecule has 0 bridgehead atoms. The van der Waals surface area contributed by atoms with Crippen molar-refractivity contribution in [1.29, 1.82) is 0 Å². The quantitative estimate of drug-likeness (QED) is 0.916. The fourth-order valence-corrected chi connectivity index (χ4v) is 4.19. The van der Waals surface area contributed by atoms with Crippen molar-refractivity contribution in [3.8, 4) is 0 Å². The van der Waals surface area contributed by atoms with Gasteiger partial charge in [0.2, 0.25) is 0 Å². The molecular formula is C16H19FN2OS. The molecule has 1 aromatic carbocycles. The van der Waals surface area contributed by atoms with Crippen LogP contribution in [0, 0.1) is 19.7 Å². The van der Waals surface area contributed by atoms with Crippen LogP contribution in [0.5, 0.6) is 0 Å². The number of halogens is 1. The fraction of sp³-hybridized carbons (Fsp3) is 0.438. The lowest BCUT2D eigenvalue weighted by molar-refractivity contribution is 0.387. The van der Waals surface area contributed by atoms with Gasteiger partial charge in [0.05, 0.1) is 5.69 Å². The van der Waals surface area contributed by atoms with Gasteiger partial charge in [-0.1, -0.05) is 17.3 Å². The largest absolute Gasteiger partial charge is 0.361 e. The number of thioether (sulfide) groups is 1. The first-order chi connectivity index (χ1) is 10.1. The van der Waals surface area contributed by atoms with Crippen molar-refractivity contribution in [3.63, 3.8) is 0 Å². The van der Waals surface area contributed by atoms with Crippen LogP contribution >= 0.6 is 11.8 Å². The summed E-state index contributed by atoms with van der Waals surface area (Å²) in [6.07, 6.45) is 0.995. The lowest BCUT2D eigenvalue weighted by Gasteiger charge is -2.29. The maximum Gasteiger partial charge on any atom is 0.138 e. The Balaban J connectivity index is 1.86. The molecule has 0 saturated heterocycles. The molecule has 21 heavy (non-hydrogen) atoms. The molecule has 0 saturated carbocycles. The number of hydrogen-bond donors (Lipinski definition) is 1. The zero-order valence-electron chi connectivity index (χ0n) is 12.4. The highest BCUT2D eigenvalue weighted by Crippen LogP contribution is 2.39. The van der Waals surface area contributed by atoms with Crippen molar-refractivity contribution >= 4 is 11.8 Å². The van der Waals surface area contributed by atoms with E-state index in [4.69, 9.17) is 4.52 Å². The SMILES string of the molecule is Cc1noc(C)c1C(C)NC1CCSc2c(F)cccc21. The van der Waals surface area contributed by atoms with Crippen molar-refractivity contribution in [2.45, 2.75) is 44.2 Å². The summed E-state index contributed by atoms with van der Waals surface area (Å²) >= 11 is 1.60. The molecule has 0 fully saturated rings. The normalized spacial score (nSPS) is 19.3. The molecule has 0 radical (unpaired) electrons. The van der Waals surface area contributed by atoms with Crippen LogP contribution in [0.3, 0.4) is 0 Å². The molecule has 2 unspecified atom stereocenters. The average Bonchev–Trinajstić information content (AvgIpc) is 2.79. The lowest BCUT2D eigenvalue weighted by atomic mass is 10.00. The van der Waals surface area contributed by atoms with Crippen molar-refractivity contribution in [3.05, 3.63) is 46.6 Å². The van der Waals surface area contributed by atoms with E-state index in [0.29, 0.717) is 0 Å². The Morgan fingerprint density at radius 1 is 1.43 bits per heavy atom. The molecule has 1 aliphatic rings. The number of nitrogens with zero attached hydrogens (tertiary/aromatic N) is 1. The first kappa shape index (κ1) is 14.6. The predicted molar refractivity (Wildman–Crippen MR) is 82.0 cm³/mol. The molecule has 1 N–H and O–H groups in total. The second-order valence-corrected chi connectivity index (χ2v) is 6.58. The average molecular weight is 306 g/mol. The molecule has 5 heteroatoms.